The van der Waals surface area contributed by atoms with E-state index in [-0.39, 0.29) is 11.3 Å². The number of aromatic nitrogens is 3. The van der Waals surface area contributed by atoms with Crippen molar-refractivity contribution >= 4 is 16.9 Å². The first-order valence-electron chi connectivity index (χ1n) is 11.3. The summed E-state index contributed by atoms with van der Waals surface area (Å²) in [5, 5.41) is 0.643. The summed E-state index contributed by atoms with van der Waals surface area (Å²) in [4.78, 5) is 24.0. The van der Waals surface area contributed by atoms with Crippen LogP contribution in [-0.4, -0.2) is 41.8 Å². The highest BCUT2D eigenvalue weighted by Gasteiger charge is 2.19. The van der Waals surface area contributed by atoms with Crippen molar-refractivity contribution in [3.8, 4) is 34.1 Å². The van der Waals surface area contributed by atoms with Crippen LogP contribution < -0.4 is 24.7 Å². The Balaban J connectivity index is 1.47. The number of rotatable bonds is 6. The van der Waals surface area contributed by atoms with Gasteiger partial charge < -0.3 is 19.1 Å². The molecular formula is C26H25FN4O4. The molecule has 4 aromatic rings. The molecule has 0 aliphatic carbocycles. The van der Waals surface area contributed by atoms with Crippen LogP contribution in [0, 0.1) is 5.82 Å². The molecule has 1 aliphatic rings. The molecule has 9 heteroatoms. The Morgan fingerprint density at radius 3 is 2.43 bits per heavy atom. The summed E-state index contributed by atoms with van der Waals surface area (Å²) in [6.45, 7) is 1.76. The van der Waals surface area contributed by atoms with Crippen LogP contribution in [0.25, 0.3) is 22.0 Å². The van der Waals surface area contributed by atoms with E-state index in [2.05, 4.69) is 14.9 Å². The molecule has 0 saturated carbocycles. The fraction of sp³-hybridized carbons (Fsp3) is 0.269. The highest BCUT2D eigenvalue weighted by molar-refractivity contribution is 5.92. The van der Waals surface area contributed by atoms with E-state index >= 15 is 4.39 Å². The normalized spacial score (nSPS) is 13.3. The van der Waals surface area contributed by atoms with Crippen LogP contribution in [0.3, 0.4) is 0 Å². The molecule has 0 radical (unpaired) electrons. The smallest absolute Gasteiger partial charge is 0.262 e. The number of anilines is 1. The first kappa shape index (κ1) is 22.6. The zero-order valence-electron chi connectivity index (χ0n) is 19.7. The van der Waals surface area contributed by atoms with Gasteiger partial charge in [0.15, 0.2) is 23.1 Å². The van der Waals surface area contributed by atoms with Gasteiger partial charge in [0.05, 0.1) is 19.8 Å². The lowest BCUT2D eigenvalue weighted by Crippen LogP contribution is -2.30. The Bertz CT molecular complexity index is 1460. The fourth-order valence-electron chi connectivity index (χ4n) is 4.41. The highest BCUT2D eigenvalue weighted by Crippen LogP contribution is 2.39. The molecule has 3 heterocycles. The van der Waals surface area contributed by atoms with Crippen molar-refractivity contribution in [3.05, 3.63) is 65.0 Å². The summed E-state index contributed by atoms with van der Waals surface area (Å²) in [5.74, 6) is 1.47. The lowest BCUT2D eigenvalue weighted by molar-refractivity contribution is 0.358. The van der Waals surface area contributed by atoms with Gasteiger partial charge in [-0.3, -0.25) is 14.3 Å². The van der Waals surface area contributed by atoms with Gasteiger partial charge in [0, 0.05) is 37.9 Å². The van der Waals surface area contributed by atoms with E-state index in [1.54, 1.807) is 44.6 Å². The van der Waals surface area contributed by atoms with Gasteiger partial charge in [0.1, 0.15) is 11.3 Å². The number of hydrogen-bond donors (Lipinski definition) is 0. The molecule has 1 saturated heterocycles. The molecular weight excluding hydrogens is 451 g/mol. The zero-order valence-corrected chi connectivity index (χ0v) is 19.7. The molecule has 35 heavy (non-hydrogen) atoms. The number of methoxy groups -OCH3 is 2. The third kappa shape index (κ3) is 4.03. The van der Waals surface area contributed by atoms with Crippen molar-refractivity contribution < 1.29 is 18.6 Å². The Kier molecular flexibility index (Phi) is 5.98. The van der Waals surface area contributed by atoms with E-state index < -0.39 is 5.82 Å². The maximum absolute atomic E-state index is 15.1. The molecule has 180 valence electrons. The first-order valence-corrected chi connectivity index (χ1v) is 11.3. The predicted octanol–water partition coefficient (Wildman–Crippen LogP) is 4.54. The van der Waals surface area contributed by atoms with Gasteiger partial charge in [0.25, 0.3) is 5.56 Å². The number of halogens is 1. The van der Waals surface area contributed by atoms with Crippen LogP contribution in [-0.2, 0) is 7.05 Å². The second kappa shape index (κ2) is 9.25. The summed E-state index contributed by atoms with van der Waals surface area (Å²) in [6, 6.07) is 9.62. The minimum absolute atomic E-state index is 0.0227. The Morgan fingerprint density at radius 2 is 1.71 bits per heavy atom. The van der Waals surface area contributed by atoms with Crippen molar-refractivity contribution in [3.63, 3.8) is 0 Å². The van der Waals surface area contributed by atoms with Gasteiger partial charge in [-0.1, -0.05) is 6.07 Å². The number of fused-ring (bicyclic) bond motifs is 1. The first-order chi connectivity index (χ1) is 17.0. The number of benzene rings is 2. The number of ether oxygens (including phenoxy) is 3. The molecule has 1 aliphatic heterocycles. The number of nitrogens with zero attached hydrogens (tertiary/aromatic N) is 4. The molecule has 0 amide bonds. The molecule has 2 aromatic carbocycles. The molecule has 5 rings (SSSR count). The Labute approximate surface area is 201 Å². The van der Waals surface area contributed by atoms with Gasteiger partial charge in [-0.05, 0) is 48.7 Å². The summed E-state index contributed by atoms with van der Waals surface area (Å²) in [7, 11) is 4.77. The lowest BCUT2D eigenvalue weighted by Gasteiger charge is -2.19. The molecule has 0 N–H and O–H groups in total. The third-order valence-electron chi connectivity index (χ3n) is 6.21. The summed E-state index contributed by atoms with van der Waals surface area (Å²) >= 11 is 0. The Morgan fingerprint density at radius 1 is 0.943 bits per heavy atom. The van der Waals surface area contributed by atoms with E-state index in [0.717, 1.165) is 25.9 Å². The van der Waals surface area contributed by atoms with E-state index in [0.29, 0.717) is 45.2 Å². The van der Waals surface area contributed by atoms with E-state index in [4.69, 9.17) is 14.2 Å². The second-order valence-electron chi connectivity index (χ2n) is 8.28. The highest BCUT2D eigenvalue weighted by atomic mass is 19.1. The monoisotopic (exact) mass is 476 g/mol. The average Bonchev–Trinajstić information content (AvgIpc) is 3.41. The quantitative estimate of drug-likeness (QED) is 0.404. The molecule has 2 aromatic heterocycles. The van der Waals surface area contributed by atoms with Crippen LogP contribution in [0.2, 0.25) is 0 Å². The zero-order chi connectivity index (χ0) is 24.5. The molecule has 1 fully saturated rings. The minimum Gasteiger partial charge on any atom is -0.493 e. The molecule has 0 atom stereocenters. The van der Waals surface area contributed by atoms with Crippen molar-refractivity contribution in [2.24, 2.45) is 7.05 Å². The van der Waals surface area contributed by atoms with Gasteiger partial charge in [-0.15, -0.1) is 0 Å². The van der Waals surface area contributed by atoms with Crippen molar-refractivity contribution in [1.82, 2.24) is 14.5 Å². The predicted molar refractivity (Wildman–Crippen MR) is 131 cm³/mol. The molecule has 0 spiro atoms. The Hall–Kier alpha value is -4.14. The summed E-state index contributed by atoms with van der Waals surface area (Å²) in [6.07, 6.45) is 5.24. The maximum Gasteiger partial charge on any atom is 0.262 e. The van der Waals surface area contributed by atoms with E-state index in [9.17, 15) is 4.79 Å². The van der Waals surface area contributed by atoms with E-state index in [1.807, 2.05) is 0 Å². The van der Waals surface area contributed by atoms with Crippen LogP contribution in [0.5, 0.6) is 23.0 Å². The summed E-state index contributed by atoms with van der Waals surface area (Å²) < 4.78 is 33.3. The van der Waals surface area contributed by atoms with Gasteiger partial charge in [0.2, 0.25) is 5.95 Å². The number of hydrogen-bond acceptors (Lipinski definition) is 7. The van der Waals surface area contributed by atoms with Crippen LogP contribution >= 0.6 is 0 Å². The SMILES string of the molecule is COc1ccc2c(Oc3ccc(-c4cnc(N5CCCC5)n(C)c4=O)cc3F)ccnc2c1OC. The van der Waals surface area contributed by atoms with Gasteiger partial charge in [-0.25, -0.2) is 9.37 Å². The second-order valence-corrected chi connectivity index (χ2v) is 8.28. The van der Waals surface area contributed by atoms with Crippen molar-refractivity contribution in [1.29, 1.82) is 0 Å². The lowest BCUT2D eigenvalue weighted by atomic mass is 10.1. The topological polar surface area (TPSA) is 78.7 Å². The molecule has 8 nitrogen and oxygen atoms in total. The van der Waals surface area contributed by atoms with Crippen LogP contribution in [0.1, 0.15) is 12.8 Å². The van der Waals surface area contributed by atoms with Gasteiger partial charge in [-0.2, -0.15) is 0 Å². The van der Waals surface area contributed by atoms with Crippen molar-refractivity contribution in [2.75, 3.05) is 32.2 Å². The van der Waals surface area contributed by atoms with Crippen molar-refractivity contribution in [2.45, 2.75) is 12.8 Å². The largest absolute Gasteiger partial charge is 0.493 e. The molecule has 0 bridgehead atoms. The average molecular weight is 477 g/mol. The standard InChI is InChI=1S/C26H25FN4O4/c1-30-25(32)18(15-29-26(30)31-12-4-5-13-31)16-6-8-21(19(27)14-16)35-20-10-11-28-23-17(20)7-9-22(33-2)24(23)34-3/h6-11,14-15H,4-5,12-13H2,1-3H3. The summed E-state index contributed by atoms with van der Waals surface area (Å²) in [5.41, 5.74) is 1.07. The van der Waals surface area contributed by atoms with Crippen LogP contribution in [0.4, 0.5) is 10.3 Å². The molecule has 0 unspecified atom stereocenters. The third-order valence-corrected chi connectivity index (χ3v) is 6.21. The van der Waals surface area contributed by atoms with Gasteiger partial charge >= 0.3 is 0 Å². The van der Waals surface area contributed by atoms with Crippen LogP contribution in [0.15, 0.2) is 53.6 Å². The minimum atomic E-state index is -0.599. The van der Waals surface area contributed by atoms with E-state index in [1.165, 1.54) is 30.0 Å². The maximum atomic E-state index is 15.1. The fourth-order valence-corrected chi connectivity index (χ4v) is 4.41. The number of pyridine rings is 1.